The van der Waals surface area contributed by atoms with E-state index in [1.165, 1.54) is 11.4 Å². The molecule has 1 rings (SSSR count). The number of rotatable bonds is 7. The highest BCUT2D eigenvalue weighted by molar-refractivity contribution is 7.89. The largest absolute Gasteiger partial charge is 0.464 e. The third-order valence-electron chi connectivity index (χ3n) is 2.55. The van der Waals surface area contributed by atoms with Crippen LogP contribution in [-0.2, 0) is 16.6 Å². The Morgan fingerprint density at radius 2 is 2.22 bits per heavy atom. The quantitative estimate of drug-likeness (QED) is 0.764. The van der Waals surface area contributed by atoms with Crippen LogP contribution >= 0.6 is 0 Å². The molecule has 1 N–H and O–H groups in total. The Hall–Kier alpha value is -1.11. The van der Waals surface area contributed by atoms with Crippen LogP contribution in [0.2, 0.25) is 0 Å². The van der Waals surface area contributed by atoms with Crippen LogP contribution in [0.25, 0.3) is 0 Å². The second-order valence-corrected chi connectivity index (χ2v) is 6.00. The van der Waals surface area contributed by atoms with Gasteiger partial charge in [0.2, 0.25) is 10.0 Å². The Labute approximate surface area is 109 Å². The minimum Gasteiger partial charge on any atom is -0.464 e. The zero-order valence-electron chi connectivity index (χ0n) is 11.1. The number of furan rings is 1. The van der Waals surface area contributed by atoms with Crippen LogP contribution < -0.4 is 5.32 Å². The van der Waals surface area contributed by atoms with E-state index in [9.17, 15) is 8.42 Å². The van der Waals surface area contributed by atoms with Crippen LogP contribution in [0.1, 0.15) is 18.4 Å². The maximum Gasteiger partial charge on any atom is 0.246 e. The lowest BCUT2D eigenvalue weighted by Gasteiger charge is -2.13. The molecule has 18 heavy (non-hydrogen) atoms. The summed E-state index contributed by atoms with van der Waals surface area (Å²) in [5, 5.41) is 3.09. The van der Waals surface area contributed by atoms with E-state index >= 15 is 0 Å². The molecule has 0 aliphatic heterocycles. The molecule has 0 unspecified atom stereocenters. The van der Waals surface area contributed by atoms with Gasteiger partial charge < -0.3 is 9.73 Å². The summed E-state index contributed by atoms with van der Waals surface area (Å²) in [7, 11) is -1.97. The molecule has 0 amide bonds. The van der Waals surface area contributed by atoms with Crippen molar-refractivity contribution in [3.63, 3.8) is 0 Å². The summed E-state index contributed by atoms with van der Waals surface area (Å²) in [5.41, 5.74) is 0. The Morgan fingerprint density at radius 1 is 1.56 bits per heavy atom. The summed E-state index contributed by atoms with van der Waals surface area (Å²) in [6, 6.07) is 1.58. The third kappa shape index (κ3) is 3.22. The number of hydrogen-bond acceptors (Lipinski definition) is 4. The van der Waals surface area contributed by atoms with Crippen molar-refractivity contribution >= 4 is 10.0 Å². The van der Waals surface area contributed by atoms with Gasteiger partial charge in [-0.05, 0) is 13.5 Å². The van der Waals surface area contributed by atoms with Gasteiger partial charge in [0.05, 0.1) is 6.54 Å². The number of sulfonamides is 1. The van der Waals surface area contributed by atoms with Crippen LogP contribution in [0.15, 0.2) is 28.0 Å². The summed E-state index contributed by atoms with van der Waals surface area (Å²) in [4.78, 5) is 0.222. The van der Waals surface area contributed by atoms with Crippen molar-refractivity contribution in [3.05, 3.63) is 30.2 Å². The monoisotopic (exact) mass is 272 g/mol. The van der Waals surface area contributed by atoms with Crippen molar-refractivity contribution in [2.45, 2.75) is 25.3 Å². The minimum absolute atomic E-state index is 0.222. The molecule has 0 bridgehead atoms. The molecule has 0 aliphatic rings. The standard InChI is InChI=1S/C12H20N2O3S/c1-5-7-14(4)18(15,16)12-8-11(9-13-6-2)17-10(12)3/h5,8,13H,1,6-7,9H2,2-4H3. The lowest BCUT2D eigenvalue weighted by atomic mass is 10.4. The molecule has 6 heteroatoms. The van der Waals surface area contributed by atoms with Gasteiger partial charge in [0.1, 0.15) is 16.4 Å². The van der Waals surface area contributed by atoms with Gasteiger partial charge in [-0.15, -0.1) is 6.58 Å². The van der Waals surface area contributed by atoms with E-state index in [1.54, 1.807) is 19.1 Å². The lowest BCUT2D eigenvalue weighted by Crippen LogP contribution is -2.27. The molecule has 0 spiro atoms. The Bertz CT molecular complexity index is 505. The highest BCUT2D eigenvalue weighted by atomic mass is 32.2. The number of likely N-dealkylation sites (N-methyl/N-ethyl adjacent to an activating group) is 1. The molecule has 0 aliphatic carbocycles. The first kappa shape index (κ1) is 14.9. The van der Waals surface area contributed by atoms with E-state index in [0.717, 1.165) is 6.54 Å². The summed E-state index contributed by atoms with van der Waals surface area (Å²) in [5.74, 6) is 1.04. The van der Waals surface area contributed by atoms with E-state index in [0.29, 0.717) is 18.1 Å². The number of aryl methyl sites for hydroxylation is 1. The van der Waals surface area contributed by atoms with Crippen molar-refractivity contribution in [3.8, 4) is 0 Å². The summed E-state index contributed by atoms with van der Waals surface area (Å²) >= 11 is 0. The second kappa shape index (κ2) is 6.17. The minimum atomic E-state index is -3.50. The molecule has 0 fully saturated rings. The normalized spacial score (nSPS) is 12.0. The highest BCUT2D eigenvalue weighted by Gasteiger charge is 2.25. The number of hydrogen-bond donors (Lipinski definition) is 1. The van der Waals surface area contributed by atoms with Crippen molar-refractivity contribution < 1.29 is 12.8 Å². The van der Waals surface area contributed by atoms with Crippen LogP contribution in [0, 0.1) is 6.92 Å². The SMILES string of the molecule is C=CCN(C)S(=O)(=O)c1cc(CNCC)oc1C. The van der Waals surface area contributed by atoms with Gasteiger partial charge in [-0.1, -0.05) is 13.0 Å². The molecule has 0 saturated carbocycles. The molecule has 1 heterocycles. The Morgan fingerprint density at radius 3 is 2.78 bits per heavy atom. The first-order valence-electron chi connectivity index (χ1n) is 5.80. The van der Waals surface area contributed by atoms with Crippen LogP contribution in [-0.4, -0.2) is 32.9 Å². The first-order valence-corrected chi connectivity index (χ1v) is 7.24. The molecule has 0 atom stereocenters. The van der Waals surface area contributed by atoms with Gasteiger partial charge in [0.15, 0.2) is 0 Å². The van der Waals surface area contributed by atoms with E-state index in [1.807, 2.05) is 6.92 Å². The molecule has 0 aromatic carbocycles. The third-order valence-corrected chi connectivity index (χ3v) is 4.48. The fourth-order valence-corrected chi connectivity index (χ4v) is 2.89. The van der Waals surface area contributed by atoms with Crippen LogP contribution in [0.5, 0.6) is 0 Å². The number of nitrogens with one attached hydrogen (secondary N) is 1. The van der Waals surface area contributed by atoms with Crippen molar-refractivity contribution in [1.29, 1.82) is 0 Å². The van der Waals surface area contributed by atoms with Gasteiger partial charge in [0, 0.05) is 19.7 Å². The molecule has 5 nitrogen and oxygen atoms in total. The van der Waals surface area contributed by atoms with E-state index < -0.39 is 10.0 Å². The average Bonchev–Trinajstić information content (AvgIpc) is 2.69. The smallest absolute Gasteiger partial charge is 0.246 e. The van der Waals surface area contributed by atoms with Gasteiger partial charge >= 0.3 is 0 Å². The van der Waals surface area contributed by atoms with Gasteiger partial charge in [-0.3, -0.25) is 0 Å². The van der Waals surface area contributed by atoms with E-state index in [4.69, 9.17) is 4.42 Å². The van der Waals surface area contributed by atoms with Gasteiger partial charge in [0.25, 0.3) is 0 Å². The summed E-state index contributed by atoms with van der Waals surface area (Å²) < 4.78 is 31.1. The molecule has 0 radical (unpaired) electrons. The zero-order valence-corrected chi connectivity index (χ0v) is 11.9. The van der Waals surface area contributed by atoms with Crippen LogP contribution in [0.3, 0.4) is 0 Å². The lowest BCUT2D eigenvalue weighted by molar-refractivity contribution is 0.456. The van der Waals surface area contributed by atoms with Crippen molar-refractivity contribution in [2.75, 3.05) is 20.1 Å². The molecular formula is C12H20N2O3S. The predicted octanol–water partition coefficient (Wildman–Crippen LogP) is 1.50. The maximum atomic E-state index is 12.2. The molecular weight excluding hydrogens is 252 g/mol. The maximum absolute atomic E-state index is 12.2. The van der Waals surface area contributed by atoms with Crippen LogP contribution in [0.4, 0.5) is 0 Å². The first-order chi connectivity index (χ1) is 8.43. The predicted molar refractivity (Wildman–Crippen MR) is 70.8 cm³/mol. The summed E-state index contributed by atoms with van der Waals surface area (Å²) in [6.45, 7) is 8.77. The Balaban J connectivity index is 3.01. The van der Waals surface area contributed by atoms with E-state index in [-0.39, 0.29) is 11.4 Å². The fourth-order valence-electron chi connectivity index (χ4n) is 1.56. The van der Waals surface area contributed by atoms with Gasteiger partial charge in [-0.2, -0.15) is 4.31 Å². The zero-order chi connectivity index (χ0) is 13.8. The highest BCUT2D eigenvalue weighted by Crippen LogP contribution is 2.22. The topological polar surface area (TPSA) is 62.6 Å². The molecule has 102 valence electrons. The fraction of sp³-hybridized carbons (Fsp3) is 0.500. The van der Waals surface area contributed by atoms with Crippen molar-refractivity contribution in [2.24, 2.45) is 0 Å². The Kier molecular flexibility index (Phi) is 5.13. The molecule has 0 saturated heterocycles. The summed E-state index contributed by atoms with van der Waals surface area (Å²) in [6.07, 6.45) is 1.55. The van der Waals surface area contributed by atoms with E-state index in [2.05, 4.69) is 11.9 Å². The second-order valence-electron chi connectivity index (χ2n) is 3.99. The average molecular weight is 272 g/mol. The van der Waals surface area contributed by atoms with Gasteiger partial charge in [-0.25, -0.2) is 8.42 Å². The number of nitrogens with zero attached hydrogens (tertiary/aromatic N) is 1. The molecule has 1 aromatic heterocycles. The molecule has 1 aromatic rings. The van der Waals surface area contributed by atoms with Crippen molar-refractivity contribution in [1.82, 2.24) is 9.62 Å².